The maximum Gasteiger partial charge on any atom is 0.234 e. The molecule has 1 amide bonds. The zero-order valence-electron chi connectivity index (χ0n) is 16.1. The van der Waals surface area contributed by atoms with E-state index in [-0.39, 0.29) is 17.4 Å². The first-order chi connectivity index (χ1) is 13.5. The number of carbonyl (C=O) groups excluding carboxylic acids is 2. The molecule has 0 atom stereocenters. The van der Waals surface area contributed by atoms with Crippen molar-refractivity contribution in [3.05, 3.63) is 46.2 Å². The number of hydrogen-bond acceptors (Lipinski definition) is 6. The summed E-state index contributed by atoms with van der Waals surface area (Å²) in [6.07, 6.45) is 0.955. The Morgan fingerprint density at radius 3 is 2.57 bits per heavy atom. The molecule has 146 valence electrons. The van der Waals surface area contributed by atoms with Gasteiger partial charge in [0.15, 0.2) is 16.8 Å². The van der Waals surface area contributed by atoms with Gasteiger partial charge in [-0.15, -0.1) is 21.5 Å². The number of hydrogen-bond donors (Lipinski definition) is 1. The van der Waals surface area contributed by atoms with Crippen LogP contribution >= 0.6 is 23.1 Å². The van der Waals surface area contributed by atoms with Crippen molar-refractivity contribution in [1.82, 2.24) is 14.8 Å². The Kier molecular flexibility index (Phi) is 6.64. The lowest BCUT2D eigenvalue weighted by molar-refractivity contribution is -0.113. The molecule has 3 rings (SSSR count). The lowest BCUT2D eigenvalue weighted by Gasteiger charge is -2.08. The molecule has 6 nitrogen and oxygen atoms in total. The lowest BCUT2D eigenvalue weighted by atomic mass is 10.1. The number of rotatable bonds is 8. The van der Waals surface area contributed by atoms with Crippen LogP contribution < -0.4 is 5.32 Å². The second kappa shape index (κ2) is 9.16. The fourth-order valence-electron chi connectivity index (χ4n) is 2.71. The van der Waals surface area contributed by atoms with Gasteiger partial charge in [-0.3, -0.25) is 9.59 Å². The van der Waals surface area contributed by atoms with Gasteiger partial charge in [0.25, 0.3) is 0 Å². The van der Waals surface area contributed by atoms with Crippen molar-refractivity contribution in [3.63, 3.8) is 0 Å². The van der Waals surface area contributed by atoms with Crippen LogP contribution in [-0.2, 0) is 11.3 Å². The number of carbonyl (C=O) groups is 2. The number of thioether (sulfide) groups is 1. The minimum Gasteiger partial charge on any atom is -0.325 e. The number of nitrogens with zero attached hydrogens (tertiary/aromatic N) is 3. The summed E-state index contributed by atoms with van der Waals surface area (Å²) in [4.78, 5) is 24.9. The van der Waals surface area contributed by atoms with Crippen molar-refractivity contribution in [3.8, 4) is 11.4 Å². The van der Waals surface area contributed by atoms with E-state index in [0.717, 1.165) is 29.5 Å². The van der Waals surface area contributed by atoms with Crippen LogP contribution in [-0.4, -0.2) is 32.2 Å². The van der Waals surface area contributed by atoms with Crippen LogP contribution in [0.5, 0.6) is 0 Å². The highest BCUT2D eigenvalue weighted by Crippen LogP contribution is 2.27. The summed E-state index contributed by atoms with van der Waals surface area (Å²) in [5.41, 5.74) is 2.35. The summed E-state index contributed by atoms with van der Waals surface area (Å²) >= 11 is 3.06. The zero-order chi connectivity index (χ0) is 20.1. The van der Waals surface area contributed by atoms with E-state index in [4.69, 9.17) is 0 Å². The molecule has 8 heteroatoms. The van der Waals surface area contributed by atoms with E-state index in [1.54, 1.807) is 35.6 Å². The van der Waals surface area contributed by atoms with E-state index in [2.05, 4.69) is 45.4 Å². The maximum atomic E-state index is 12.3. The normalized spacial score (nSPS) is 10.8. The van der Waals surface area contributed by atoms with Crippen molar-refractivity contribution in [2.45, 2.75) is 38.9 Å². The summed E-state index contributed by atoms with van der Waals surface area (Å²) < 4.78 is 2.07. The molecule has 0 saturated heterocycles. The van der Waals surface area contributed by atoms with Gasteiger partial charge in [0.05, 0.1) is 5.75 Å². The first-order valence-electron chi connectivity index (χ1n) is 9.00. The Morgan fingerprint density at radius 1 is 1.21 bits per heavy atom. The second-order valence-corrected chi connectivity index (χ2v) is 8.43. The molecule has 0 fully saturated rings. The van der Waals surface area contributed by atoms with Gasteiger partial charge in [-0.1, -0.05) is 18.7 Å². The van der Waals surface area contributed by atoms with E-state index in [9.17, 15) is 9.59 Å². The van der Waals surface area contributed by atoms with E-state index in [1.165, 1.54) is 23.6 Å². The van der Waals surface area contributed by atoms with Crippen LogP contribution in [0.3, 0.4) is 0 Å². The molecule has 0 saturated carbocycles. The van der Waals surface area contributed by atoms with Crippen LogP contribution in [0.1, 0.15) is 35.5 Å². The number of amides is 1. The molecule has 0 aliphatic heterocycles. The highest BCUT2D eigenvalue weighted by atomic mass is 32.2. The molecule has 1 aromatic carbocycles. The van der Waals surface area contributed by atoms with Crippen LogP contribution in [0.2, 0.25) is 0 Å². The van der Waals surface area contributed by atoms with Crippen molar-refractivity contribution < 1.29 is 9.59 Å². The Bertz CT molecular complexity index is 977. The third-order valence-corrected chi connectivity index (χ3v) is 5.89. The summed E-state index contributed by atoms with van der Waals surface area (Å²) in [7, 11) is 0. The highest BCUT2D eigenvalue weighted by molar-refractivity contribution is 7.99. The Morgan fingerprint density at radius 2 is 1.96 bits per heavy atom. The average Bonchev–Trinajstić information content (AvgIpc) is 3.27. The van der Waals surface area contributed by atoms with E-state index < -0.39 is 0 Å². The number of thiophene rings is 1. The molecule has 0 bridgehead atoms. The molecule has 0 spiro atoms. The largest absolute Gasteiger partial charge is 0.325 e. The standard InChI is InChI=1S/C20H22N4O2S2/c1-4-9-24-19(16-10-13(2)27-11-16)22-23-20(24)28-12-18(26)21-17-7-5-15(6-8-17)14(3)25/h5-8,10-11H,4,9,12H2,1-3H3,(H,21,26). The van der Waals surface area contributed by atoms with Crippen molar-refractivity contribution >= 4 is 40.5 Å². The van der Waals surface area contributed by atoms with Gasteiger partial charge >= 0.3 is 0 Å². The quantitative estimate of drug-likeness (QED) is 0.428. The summed E-state index contributed by atoms with van der Waals surface area (Å²) in [5, 5.41) is 14.3. The number of anilines is 1. The number of aromatic nitrogens is 3. The predicted octanol–water partition coefficient (Wildman–Crippen LogP) is 4.66. The average molecular weight is 415 g/mol. The lowest BCUT2D eigenvalue weighted by Crippen LogP contribution is -2.14. The fraction of sp³-hybridized carbons (Fsp3) is 0.300. The monoisotopic (exact) mass is 414 g/mol. The molecule has 0 unspecified atom stereocenters. The summed E-state index contributed by atoms with van der Waals surface area (Å²) in [5.74, 6) is 0.952. The Balaban J connectivity index is 1.65. The fourth-order valence-corrected chi connectivity index (χ4v) is 4.16. The third kappa shape index (κ3) is 4.88. The van der Waals surface area contributed by atoms with Crippen molar-refractivity contribution in [2.24, 2.45) is 0 Å². The molecule has 28 heavy (non-hydrogen) atoms. The van der Waals surface area contributed by atoms with Gasteiger partial charge in [0.1, 0.15) is 0 Å². The number of Topliss-reactive ketones (excluding diaryl/α,β-unsaturated/α-hetero) is 1. The second-order valence-electron chi connectivity index (χ2n) is 6.37. The Labute approximate surface area is 172 Å². The first-order valence-corrected chi connectivity index (χ1v) is 10.9. The molecule has 2 heterocycles. The number of nitrogens with one attached hydrogen (secondary N) is 1. The smallest absolute Gasteiger partial charge is 0.234 e. The molecular formula is C20H22N4O2S2. The van der Waals surface area contributed by atoms with Gasteiger partial charge in [0, 0.05) is 33.6 Å². The van der Waals surface area contributed by atoms with E-state index in [0.29, 0.717) is 11.3 Å². The predicted molar refractivity (Wildman–Crippen MR) is 114 cm³/mol. The molecule has 0 radical (unpaired) electrons. The highest BCUT2D eigenvalue weighted by Gasteiger charge is 2.16. The van der Waals surface area contributed by atoms with E-state index in [1.807, 2.05) is 0 Å². The van der Waals surface area contributed by atoms with Gasteiger partial charge < -0.3 is 9.88 Å². The summed E-state index contributed by atoms with van der Waals surface area (Å²) in [6.45, 7) is 6.49. The number of benzene rings is 1. The van der Waals surface area contributed by atoms with E-state index >= 15 is 0 Å². The van der Waals surface area contributed by atoms with Crippen LogP contribution in [0.4, 0.5) is 5.69 Å². The van der Waals surface area contributed by atoms with Crippen LogP contribution in [0, 0.1) is 6.92 Å². The molecular weight excluding hydrogens is 392 g/mol. The molecule has 3 aromatic rings. The van der Waals surface area contributed by atoms with Crippen LogP contribution in [0.25, 0.3) is 11.4 Å². The minimum atomic E-state index is -0.125. The maximum absolute atomic E-state index is 12.3. The van der Waals surface area contributed by atoms with Crippen molar-refractivity contribution in [2.75, 3.05) is 11.1 Å². The van der Waals surface area contributed by atoms with Gasteiger partial charge in [0.2, 0.25) is 5.91 Å². The SMILES string of the molecule is CCCn1c(SCC(=O)Nc2ccc(C(C)=O)cc2)nnc1-c1csc(C)c1. The molecule has 0 aliphatic rings. The van der Waals surface area contributed by atoms with Gasteiger partial charge in [-0.25, -0.2) is 0 Å². The van der Waals surface area contributed by atoms with Gasteiger partial charge in [-0.05, 0) is 50.6 Å². The zero-order valence-corrected chi connectivity index (χ0v) is 17.7. The minimum absolute atomic E-state index is 0.000290. The first kappa shape index (κ1) is 20.3. The third-order valence-electron chi connectivity index (χ3n) is 4.06. The molecule has 0 aliphatic carbocycles. The summed E-state index contributed by atoms with van der Waals surface area (Å²) in [6, 6.07) is 8.98. The topological polar surface area (TPSA) is 76.9 Å². The Hall–Kier alpha value is -2.45. The van der Waals surface area contributed by atoms with Crippen LogP contribution in [0.15, 0.2) is 40.9 Å². The number of aryl methyl sites for hydroxylation is 1. The molecule has 2 aromatic heterocycles. The van der Waals surface area contributed by atoms with Gasteiger partial charge in [-0.2, -0.15) is 0 Å². The van der Waals surface area contributed by atoms with Crippen molar-refractivity contribution in [1.29, 1.82) is 0 Å². The number of ketones is 1. The molecule has 1 N–H and O–H groups in total.